The zero-order valence-electron chi connectivity index (χ0n) is 17.8. The molecule has 3 heterocycles. The van der Waals surface area contributed by atoms with Crippen LogP contribution >= 0.6 is 11.6 Å². The van der Waals surface area contributed by atoms with Crippen LogP contribution in [-0.2, 0) is 4.79 Å². The highest BCUT2D eigenvalue weighted by Crippen LogP contribution is 2.30. The third-order valence-corrected chi connectivity index (χ3v) is 6.28. The molecule has 1 aromatic carbocycles. The average molecular weight is 473 g/mol. The Morgan fingerprint density at radius 3 is 2.58 bits per heavy atom. The molecule has 1 saturated heterocycles. The lowest BCUT2D eigenvalue weighted by Gasteiger charge is -2.41. The lowest BCUT2D eigenvalue weighted by atomic mass is 9.85. The fraction of sp³-hybridized carbons (Fsp3) is 0.364. The molecule has 1 fully saturated rings. The number of fused-ring (bicyclic) bond motifs is 1. The number of aliphatic hydroxyl groups excluding tert-OH is 1. The van der Waals surface area contributed by atoms with Crippen LogP contribution in [0.3, 0.4) is 0 Å². The maximum atomic E-state index is 13.4. The van der Waals surface area contributed by atoms with E-state index in [0.717, 1.165) is 16.8 Å². The van der Waals surface area contributed by atoms with Crippen molar-refractivity contribution in [2.45, 2.75) is 30.8 Å². The summed E-state index contributed by atoms with van der Waals surface area (Å²) in [4.78, 5) is 38.7. The van der Waals surface area contributed by atoms with Gasteiger partial charge in [0.2, 0.25) is 5.91 Å². The number of piperidine rings is 1. The molecule has 1 unspecified atom stereocenters. The van der Waals surface area contributed by atoms with Crippen molar-refractivity contribution in [2.75, 3.05) is 24.6 Å². The summed E-state index contributed by atoms with van der Waals surface area (Å²) in [5, 5.41) is 25.8. The van der Waals surface area contributed by atoms with E-state index in [1.807, 2.05) is 11.0 Å². The van der Waals surface area contributed by atoms with E-state index < -0.39 is 23.6 Å². The van der Waals surface area contributed by atoms with Crippen LogP contribution in [0.4, 0.5) is 10.6 Å². The van der Waals surface area contributed by atoms with Gasteiger partial charge in [0.1, 0.15) is 23.3 Å². The van der Waals surface area contributed by atoms with Crippen molar-refractivity contribution in [1.29, 1.82) is 0 Å². The second-order valence-electron chi connectivity index (χ2n) is 8.03. The van der Waals surface area contributed by atoms with E-state index in [0.29, 0.717) is 23.8 Å². The van der Waals surface area contributed by atoms with Crippen molar-refractivity contribution in [3.05, 3.63) is 53.4 Å². The molecule has 1 atom stereocenters. The molecule has 2 aromatic heterocycles. The minimum absolute atomic E-state index is 0.138. The van der Waals surface area contributed by atoms with Crippen LogP contribution in [0.5, 0.6) is 0 Å². The number of hydrogen-bond donors (Lipinski definition) is 5. The van der Waals surface area contributed by atoms with Crippen LogP contribution in [0.15, 0.2) is 42.9 Å². The number of aliphatic hydroxyl groups is 1. The number of carboxylic acid groups (broad SMARTS) is 1. The summed E-state index contributed by atoms with van der Waals surface area (Å²) in [6, 6.07) is 8.38. The van der Waals surface area contributed by atoms with Crippen molar-refractivity contribution in [1.82, 2.24) is 25.6 Å². The predicted molar refractivity (Wildman–Crippen MR) is 123 cm³/mol. The fourth-order valence-electron chi connectivity index (χ4n) is 4.27. The molecule has 2 amide bonds. The van der Waals surface area contributed by atoms with Crippen molar-refractivity contribution >= 4 is 40.5 Å². The molecule has 0 radical (unpaired) electrons. The van der Waals surface area contributed by atoms with Crippen molar-refractivity contribution in [3.63, 3.8) is 0 Å². The molecule has 10 nitrogen and oxygen atoms in total. The van der Waals surface area contributed by atoms with E-state index in [2.05, 4.69) is 25.6 Å². The summed E-state index contributed by atoms with van der Waals surface area (Å²) in [6.07, 6.45) is 2.80. The Balaban J connectivity index is 1.53. The number of rotatable bonds is 7. The van der Waals surface area contributed by atoms with Crippen molar-refractivity contribution < 1.29 is 19.8 Å². The smallest absolute Gasteiger partial charge is 0.405 e. The van der Waals surface area contributed by atoms with Crippen LogP contribution in [-0.4, -0.2) is 62.4 Å². The van der Waals surface area contributed by atoms with E-state index >= 15 is 0 Å². The number of hydrogen-bond acceptors (Lipinski definition) is 6. The number of carbonyl (C=O) groups excluding carboxylic acids is 1. The normalized spacial score (nSPS) is 16.4. The summed E-state index contributed by atoms with van der Waals surface area (Å²) in [5.74, 6) is 0.317. The number of H-pyrrole nitrogens is 1. The van der Waals surface area contributed by atoms with Gasteiger partial charge in [-0.05, 0) is 43.0 Å². The number of amides is 2. The Morgan fingerprint density at radius 1 is 1.18 bits per heavy atom. The third kappa shape index (κ3) is 4.86. The first-order chi connectivity index (χ1) is 15.9. The Bertz CT molecular complexity index is 1130. The first-order valence-electron chi connectivity index (χ1n) is 10.6. The highest BCUT2D eigenvalue weighted by molar-refractivity contribution is 6.30. The number of benzene rings is 1. The molecule has 4 rings (SSSR count). The quantitative estimate of drug-likeness (QED) is 0.355. The molecule has 0 aliphatic carbocycles. The Kier molecular flexibility index (Phi) is 6.66. The Labute approximate surface area is 195 Å². The number of aromatic nitrogens is 3. The van der Waals surface area contributed by atoms with Gasteiger partial charge >= 0.3 is 6.09 Å². The van der Waals surface area contributed by atoms with Gasteiger partial charge in [0.15, 0.2) is 0 Å². The molecule has 1 aliphatic heterocycles. The summed E-state index contributed by atoms with van der Waals surface area (Å²) >= 11 is 5.97. The van der Waals surface area contributed by atoms with E-state index in [1.54, 1.807) is 30.5 Å². The van der Waals surface area contributed by atoms with Crippen LogP contribution < -0.4 is 15.5 Å². The molecule has 0 bridgehead atoms. The second-order valence-corrected chi connectivity index (χ2v) is 8.46. The lowest BCUT2D eigenvalue weighted by Crippen LogP contribution is -2.63. The summed E-state index contributed by atoms with van der Waals surface area (Å²) in [5.41, 5.74) is 0.195. The maximum Gasteiger partial charge on any atom is 0.405 e. The van der Waals surface area contributed by atoms with Crippen LogP contribution in [0.25, 0.3) is 11.0 Å². The van der Waals surface area contributed by atoms with Gasteiger partial charge in [0.05, 0.1) is 11.4 Å². The SMILES string of the molecule is O=C(O)NC1(C(=O)NC(CCO)c2ccc(Cl)cc2)CCN(c2ncnc3[nH]ccc23)CC1. The topological polar surface area (TPSA) is 143 Å². The molecule has 0 spiro atoms. The van der Waals surface area contributed by atoms with Gasteiger partial charge in [-0.3, -0.25) is 4.79 Å². The number of nitrogens with one attached hydrogen (secondary N) is 3. The number of halogens is 1. The van der Waals surface area contributed by atoms with Gasteiger partial charge < -0.3 is 30.7 Å². The second kappa shape index (κ2) is 9.63. The van der Waals surface area contributed by atoms with Crippen molar-refractivity contribution in [2.24, 2.45) is 0 Å². The summed E-state index contributed by atoms with van der Waals surface area (Å²) in [7, 11) is 0. The summed E-state index contributed by atoms with van der Waals surface area (Å²) in [6.45, 7) is 0.717. The summed E-state index contributed by atoms with van der Waals surface area (Å²) < 4.78 is 0. The predicted octanol–water partition coefficient (Wildman–Crippen LogP) is 2.46. The molecule has 33 heavy (non-hydrogen) atoms. The first-order valence-corrected chi connectivity index (χ1v) is 11.0. The number of nitrogens with zero attached hydrogens (tertiary/aromatic N) is 3. The monoisotopic (exact) mass is 472 g/mol. The van der Waals surface area contributed by atoms with E-state index in [9.17, 15) is 19.8 Å². The van der Waals surface area contributed by atoms with Crippen LogP contribution in [0.2, 0.25) is 5.02 Å². The van der Waals surface area contributed by atoms with Gasteiger partial charge in [-0.1, -0.05) is 23.7 Å². The molecule has 174 valence electrons. The number of carbonyl (C=O) groups is 2. The largest absolute Gasteiger partial charge is 0.465 e. The number of aromatic amines is 1. The van der Waals surface area contributed by atoms with Crippen molar-refractivity contribution in [3.8, 4) is 0 Å². The molecule has 1 aliphatic rings. The average Bonchev–Trinajstić information content (AvgIpc) is 3.28. The van der Waals surface area contributed by atoms with Crippen LogP contribution in [0, 0.1) is 0 Å². The Hall–Kier alpha value is -3.37. The molecular weight excluding hydrogens is 448 g/mol. The molecule has 0 saturated carbocycles. The van der Waals surface area contributed by atoms with Gasteiger partial charge in [-0.2, -0.15) is 0 Å². The zero-order chi connectivity index (χ0) is 23.4. The highest BCUT2D eigenvalue weighted by Gasteiger charge is 2.44. The molecular formula is C22H25ClN6O4. The van der Waals surface area contributed by atoms with Gasteiger partial charge in [-0.15, -0.1) is 0 Å². The Morgan fingerprint density at radius 2 is 1.91 bits per heavy atom. The minimum atomic E-state index is -1.30. The molecule has 5 N–H and O–H groups in total. The first kappa shape index (κ1) is 22.8. The molecule has 11 heteroatoms. The van der Waals surface area contributed by atoms with Crippen LogP contribution in [0.1, 0.15) is 30.9 Å². The van der Waals surface area contributed by atoms with Gasteiger partial charge in [0.25, 0.3) is 0 Å². The van der Waals surface area contributed by atoms with Gasteiger partial charge in [-0.25, -0.2) is 14.8 Å². The highest BCUT2D eigenvalue weighted by atomic mass is 35.5. The van der Waals surface area contributed by atoms with E-state index in [1.165, 1.54) is 6.33 Å². The maximum absolute atomic E-state index is 13.4. The zero-order valence-corrected chi connectivity index (χ0v) is 18.5. The molecule has 3 aromatic rings. The fourth-order valence-corrected chi connectivity index (χ4v) is 4.39. The van der Waals surface area contributed by atoms with E-state index in [-0.39, 0.29) is 25.9 Å². The number of anilines is 1. The lowest BCUT2D eigenvalue weighted by molar-refractivity contribution is -0.129. The van der Waals surface area contributed by atoms with E-state index in [4.69, 9.17) is 11.6 Å². The standard InChI is InChI=1S/C22H25ClN6O4/c23-15-3-1-14(2-4-15)17(6-12-30)27-20(31)22(28-21(32)33)7-10-29(11-8-22)19-16-5-9-24-18(16)25-13-26-19/h1-5,9,13,17,28,30H,6-8,10-12H2,(H,27,31)(H,32,33)(H,24,25,26). The van der Waals surface area contributed by atoms with Gasteiger partial charge in [0, 0.05) is 30.9 Å². The minimum Gasteiger partial charge on any atom is -0.465 e. The third-order valence-electron chi connectivity index (χ3n) is 6.03.